The number of thiazole rings is 1. The Morgan fingerprint density at radius 3 is 2.87 bits per heavy atom. The molecule has 3 aromatic rings. The van der Waals surface area contributed by atoms with Crippen molar-refractivity contribution in [2.45, 2.75) is 5.16 Å². The van der Waals surface area contributed by atoms with Crippen molar-refractivity contribution < 1.29 is 4.79 Å². The predicted octanol–water partition coefficient (Wildman–Crippen LogP) is 3.43. The summed E-state index contributed by atoms with van der Waals surface area (Å²) in [6.45, 7) is 0. The highest BCUT2D eigenvalue weighted by Crippen LogP contribution is 2.26. The molecule has 0 aliphatic rings. The Bertz CT molecular complexity index is 815. The molecule has 0 radical (unpaired) electrons. The SMILES string of the molecule is Cn1cnnc1SCC(=O)Nc1nc(-c2ccc(Br)cc2)cs1. The van der Waals surface area contributed by atoms with Crippen molar-refractivity contribution in [3.05, 3.63) is 40.4 Å². The summed E-state index contributed by atoms with van der Waals surface area (Å²) in [5, 5.41) is 13.7. The fourth-order valence-corrected chi connectivity index (χ4v) is 3.46. The molecule has 3 rings (SSSR count). The number of thioether (sulfide) groups is 1. The van der Waals surface area contributed by atoms with Crippen LogP contribution in [0.4, 0.5) is 5.13 Å². The lowest BCUT2D eigenvalue weighted by molar-refractivity contribution is -0.113. The number of benzene rings is 1. The van der Waals surface area contributed by atoms with Gasteiger partial charge >= 0.3 is 0 Å². The predicted molar refractivity (Wildman–Crippen MR) is 95.6 cm³/mol. The maximum absolute atomic E-state index is 12.0. The Labute approximate surface area is 149 Å². The zero-order chi connectivity index (χ0) is 16.2. The van der Waals surface area contributed by atoms with Gasteiger partial charge in [-0.05, 0) is 12.1 Å². The topological polar surface area (TPSA) is 72.7 Å². The molecule has 0 atom stereocenters. The van der Waals surface area contributed by atoms with Crippen molar-refractivity contribution in [3.63, 3.8) is 0 Å². The van der Waals surface area contributed by atoms with Gasteiger partial charge in [0.05, 0.1) is 11.4 Å². The molecule has 0 saturated heterocycles. The van der Waals surface area contributed by atoms with Crippen LogP contribution in [0.3, 0.4) is 0 Å². The lowest BCUT2D eigenvalue weighted by Gasteiger charge is -2.01. The van der Waals surface area contributed by atoms with Crippen molar-refractivity contribution in [3.8, 4) is 11.3 Å². The minimum Gasteiger partial charge on any atom is -0.312 e. The molecule has 0 saturated carbocycles. The van der Waals surface area contributed by atoms with E-state index < -0.39 is 0 Å². The molecule has 0 aliphatic heterocycles. The number of rotatable bonds is 5. The molecule has 23 heavy (non-hydrogen) atoms. The van der Waals surface area contributed by atoms with Gasteiger partial charge in [0.1, 0.15) is 6.33 Å². The van der Waals surface area contributed by atoms with Gasteiger partial charge in [-0.2, -0.15) is 0 Å². The van der Waals surface area contributed by atoms with Crippen molar-refractivity contribution in [1.29, 1.82) is 0 Å². The number of amides is 1. The zero-order valence-corrected chi connectivity index (χ0v) is 15.3. The van der Waals surface area contributed by atoms with E-state index in [1.54, 1.807) is 10.9 Å². The number of nitrogens with zero attached hydrogens (tertiary/aromatic N) is 4. The number of anilines is 1. The second-order valence-corrected chi connectivity index (χ2v) is 7.32. The molecule has 2 aromatic heterocycles. The standard InChI is InChI=1S/C14H12BrN5OS2/c1-20-8-16-19-14(20)23-7-12(21)18-13-17-11(6-22-13)9-2-4-10(15)5-3-9/h2-6,8H,7H2,1H3,(H,17,18,21). The Morgan fingerprint density at radius 1 is 1.39 bits per heavy atom. The molecule has 0 spiro atoms. The Balaban J connectivity index is 1.59. The highest BCUT2D eigenvalue weighted by atomic mass is 79.9. The average molecular weight is 410 g/mol. The number of hydrogen-bond acceptors (Lipinski definition) is 6. The molecular formula is C14H12BrN5OS2. The van der Waals surface area contributed by atoms with Gasteiger partial charge in [-0.1, -0.05) is 39.8 Å². The summed E-state index contributed by atoms with van der Waals surface area (Å²) in [5.41, 5.74) is 1.86. The van der Waals surface area contributed by atoms with Gasteiger partial charge in [0.15, 0.2) is 10.3 Å². The van der Waals surface area contributed by atoms with Gasteiger partial charge in [-0.15, -0.1) is 21.5 Å². The van der Waals surface area contributed by atoms with Gasteiger partial charge in [0.2, 0.25) is 5.91 Å². The highest BCUT2D eigenvalue weighted by molar-refractivity contribution is 9.10. The first-order valence-electron chi connectivity index (χ1n) is 6.60. The molecule has 6 nitrogen and oxygen atoms in total. The van der Waals surface area contributed by atoms with Crippen LogP contribution in [0.5, 0.6) is 0 Å². The van der Waals surface area contributed by atoms with Crippen LogP contribution in [0.1, 0.15) is 0 Å². The van der Waals surface area contributed by atoms with Crippen molar-refractivity contribution >= 4 is 50.1 Å². The van der Waals surface area contributed by atoms with E-state index in [4.69, 9.17) is 0 Å². The first-order chi connectivity index (χ1) is 11.1. The van der Waals surface area contributed by atoms with Crippen LogP contribution in [0.25, 0.3) is 11.3 Å². The first kappa shape index (κ1) is 16.2. The third-order valence-electron chi connectivity index (χ3n) is 2.89. The van der Waals surface area contributed by atoms with Crippen LogP contribution in [0, 0.1) is 0 Å². The number of nitrogens with one attached hydrogen (secondary N) is 1. The summed E-state index contributed by atoms with van der Waals surface area (Å²) in [6.07, 6.45) is 1.60. The van der Waals surface area contributed by atoms with Gasteiger partial charge in [0.25, 0.3) is 0 Å². The van der Waals surface area contributed by atoms with Crippen LogP contribution in [-0.4, -0.2) is 31.4 Å². The van der Waals surface area contributed by atoms with Crippen molar-refractivity contribution in [2.24, 2.45) is 7.05 Å². The van der Waals surface area contributed by atoms with E-state index in [1.807, 2.05) is 36.7 Å². The third kappa shape index (κ3) is 4.18. The van der Waals surface area contributed by atoms with E-state index in [9.17, 15) is 4.79 Å². The fraction of sp³-hybridized carbons (Fsp3) is 0.143. The second kappa shape index (κ2) is 7.24. The molecule has 0 unspecified atom stereocenters. The summed E-state index contributed by atoms with van der Waals surface area (Å²) in [4.78, 5) is 16.4. The number of aryl methyl sites for hydroxylation is 1. The number of halogens is 1. The Hall–Kier alpha value is -1.71. The summed E-state index contributed by atoms with van der Waals surface area (Å²) >= 11 is 6.15. The van der Waals surface area contributed by atoms with Crippen LogP contribution in [0.15, 0.2) is 45.6 Å². The van der Waals surface area contributed by atoms with Gasteiger partial charge < -0.3 is 9.88 Å². The quantitative estimate of drug-likeness (QED) is 0.653. The monoisotopic (exact) mass is 409 g/mol. The fourth-order valence-electron chi connectivity index (χ4n) is 1.77. The number of carbonyl (C=O) groups excluding carboxylic acids is 1. The van der Waals surface area contributed by atoms with Crippen LogP contribution >= 0.6 is 39.0 Å². The normalized spacial score (nSPS) is 10.7. The first-order valence-corrected chi connectivity index (χ1v) is 9.26. The molecular weight excluding hydrogens is 398 g/mol. The average Bonchev–Trinajstić information content (AvgIpc) is 3.15. The molecule has 0 aliphatic carbocycles. The molecule has 2 heterocycles. The lowest BCUT2D eigenvalue weighted by atomic mass is 10.2. The molecule has 0 fully saturated rings. The van der Waals surface area contributed by atoms with Crippen LogP contribution < -0.4 is 5.32 Å². The van der Waals surface area contributed by atoms with E-state index in [2.05, 4.69) is 36.4 Å². The Morgan fingerprint density at radius 2 is 2.17 bits per heavy atom. The zero-order valence-electron chi connectivity index (χ0n) is 12.1. The van der Waals surface area contributed by atoms with E-state index >= 15 is 0 Å². The minimum absolute atomic E-state index is 0.116. The summed E-state index contributed by atoms with van der Waals surface area (Å²) < 4.78 is 2.79. The van der Waals surface area contributed by atoms with Gasteiger partial charge in [-0.25, -0.2) is 4.98 Å². The molecule has 0 bridgehead atoms. The van der Waals surface area contributed by atoms with Crippen molar-refractivity contribution in [2.75, 3.05) is 11.1 Å². The Kier molecular flexibility index (Phi) is 5.09. The summed E-state index contributed by atoms with van der Waals surface area (Å²) in [7, 11) is 1.84. The largest absolute Gasteiger partial charge is 0.312 e. The third-order valence-corrected chi connectivity index (χ3v) is 5.21. The molecule has 1 aromatic carbocycles. The second-order valence-electron chi connectivity index (χ2n) is 4.61. The van der Waals surface area contributed by atoms with Crippen LogP contribution in [-0.2, 0) is 11.8 Å². The maximum atomic E-state index is 12.0. The molecule has 1 N–H and O–H groups in total. The van der Waals surface area contributed by atoms with Crippen molar-refractivity contribution in [1.82, 2.24) is 19.7 Å². The van der Waals surface area contributed by atoms with E-state index in [0.717, 1.165) is 15.7 Å². The maximum Gasteiger partial charge on any atom is 0.236 e. The molecule has 1 amide bonds. The lowest BCUT2D eigenvalue weighted by Crippen LogP contribution is -2.14. The van der Waals surface area contributed by atoms with Crippen LogP contribution in [0.2, 0.25) is 0 Å². The summed E-state index contributed by atoms with van der Waals surface area (Å²) in [6, 6.07) is 7.89. The van der Waals surface area contributed by atoms with E-state index in [-0.39, 0.29) is 11.7 Å². The van der Waals surface area contributed by atoms with E-state index in [1.165, 1.54) is 23.1 Å². The molecule has 118 valence electrons. The number of hydrogen-bond donors (Lipinski definition) is 1. The number of carbonyl (C=O) groups is 1. The molecule has 9 heteroatoms. The smallest absolute Gasteiger partial charge is 0.236 e. The van der Waals surface area contributed by atoms with Gasteiger partial charge in [0, 0.05) is 22.5 Å². The minimum atomic E-state index is -0.116. The van der Waals surface area contributed by atoms with Gasteiger partial charge in [-0.3, -0.25) is 4.79 Å². The number of aromatic nitrogens is 4. The van der Waals surface area contributed by atoms with E-state index in [0.29, 0.717) is 10.3 Å². The summed E-state index contributed by atoms with van der Waals surface area (Å²) in [5.74, 6) is 0.148. The highest BCUT2D eigenvalue weighted by Gasteiger charge is 2.10.